The zero-order chi connectivity index (χ0) is 16.4. The highest BCUT2D eigenvalue weighted by molar-refractivity contribution is 7.12. The minimum Gasteiger partial charge on any atom is -0.359 e. The van der Waals surface area contributed by atoms with Gasteiger partial charge in [-0.1, -0.05) is 35.0 Å². The van der Waals surface area contributed by atoms with Gasteiger partial charge < -0.3 is 4.52 Å². The molecule has 118 valence electrons. The van der Waals surface area contributed by atoms with Crippen LogP contribution in [0.25, 0.3) is 11.3 Å². The predicted molar refractivity (Wildman–Crippen MR) is 96.4 cm³/mol. The molecule has 3 rings (SSSR count). The molecule has 2 heterocycles. The van der Waals surface area contributed by atoms with Gasteiger partial charge in [0, 0.05) is 32.7 Å². The number of rotatable bonds is 4. The van der Waals surface area contributed by atoms with Gasteiger partial charge in [-0.05, 0) is 33.8 Å². The van der Waals surface area contributed by atoms with Crippen LogP contribution in [-0.2, 0) is 6.54 Å². The first kappa shape index (κ1) is 15.7. The quantitative estimate of drug-likeness (QED) is 0.608. The minimum atomic E-state index is 0.513. The van der Waals surface area contributed by atoms with Crippen molar-refractivity contribution >= 4 is 17.0 Å². The van der Waals surface area contributed by atoms with Gasteiger partial charge in [-0.15, -0.1) is 11.3 Å². The molecule has 0 fully saturated rings. The smallest absolute Gasteiger partial charge is 0.158 e. The summed E-state index contributed by atoms with van der Waals surface area (Å²) in [6.45, 7) is 8.89. The monoisotopic (exact) mass is 324 g/mol. The van der Waals surface area contributed by atoms with Gasteiger partial charge >= 0.3 is 0 Å². The van der Waals surface area contributed by atoms with Crippen LogP contribution >= 0.6 is 11.3 Å². The summed E-state index contributed by atoms with van der Waals surface area (Å²) in [5.41, 5.74) is 5.43. The number of aromatic nitrogens is 1. The van der Waals surface area contributed by atoms with Crippen molar-refractivity contribution in [2.75, 3.05) is 0 Å². The molecule has 23 heavy (non-hydrogen) atoms. The molecular formula is C19H20N2OS. The molecule has 0 saturated heterocycles. The molecule has 0 aliphatic rings. The maximum atomic E-state index is 5.42. The number of hydrogen-bond acceptors (Lipinski definition) is 4. The van der Waals surface area contributed by atoms with Crippen LogP contribution in [0.3, 0.4) is 0 Å². The summed E-state index contributed by atoms with van der Waals surface area (Å²) in [6, 6.07) is 12.4. The van der Waals surface area contributed by atoms with Crippen LogP contribution in [0, 0.1) is 20.8 Å². The van der Waals surface area contributed by atoms with E-state index in [-0.39, 0.29) is 0 Å². The Bertz CT molecular complexity index is 841. The second kappa shape index (κ2) is 6.50. The normalized spacial score (nSPS) is 11.9. The number of hydrogen-bond donors (Lipinski definition) is 0. The fourth-order valence-electron chi connectivity index (χ4n) is 2.52. The van der Waals surface area contributed by atoms with Gasteiger partial charge in [-0.25, -0.2) is 0 Å². The predicted octanol–water partition coefficient (Wildman–Crippen LogP) is 5.34. The van der Waals surface area contributed by atoms with Crippen molar-refractivity contribution in [3.8, 4) is 11.3 Å². The van der Waals surface area contributed by atoms with E-state index in [9.17, 15) is 0 Å². The number of aliphatic imine (C=N–C) groups is 1. The van der Waals surface area contributed by atoms with Gasteiger partial charge in [0.2, 0.25) is 0 Å². The Balaban J connectivity index is 1.75. The molecule has 0 aliphatic heterocycles. The highest BCUT2D eigenvalue weighted by Gasteiger charge is 2.08. The van der Waals surface area contributed by atoms with E-state index >= 15 is 0 Å². The van der Waals surface area contributed by atoms with Crippen molar-refractivity contribution in [1.82, 2.24) is 5.16 Å². The minimum absolute atomic E-state index is 0.513. The highest BCUT2D eigenvalue weighted by atomic mass is 32.1. The van der Waals surface area contributed by atoms with E-state index in [0.717, 1.165) is 22.7 Å². The second-order valence-corrected chi connectivity index (χ2v) is 7.23. The highest BCUT2D eigenvalue weighted by Crippen LogP contribution is 2.22. The summed E-state index contributed by atoms with van der Waals surface area (Å²) in [4.78, 5) is 7.27. The molecule has 0 radical (unpaired) electrons. The van der Waals surface area contributed by atoms with Crippen LogP contribution in [0.5, 0.6) is 0 Å². The van der Waals surface area contributed by atoms with Crippen LogP contribution in [0.2, 0.25) is 0 Å². The SMILES string of the molecule is CC(=NCc1cc(-c2ccc(C)cc2)no1)c1cc(C)sc1C. The van der Waals surface area contributed by atoms with Crippen molar-refractivity contribution < 1.29 is 4.52 Å². The van der Waals surface area contributed by atoms with Crippen LogP contribution in [0.4, 0.5) is 0 Å². The Morgan fingerprint density at radius 1 is 1.13 bits per heavy atom. The summed E-state index contributed by atoms with van der Waals surface area (Å²) in [7, 11) is 0. The lowest BCUT2D eigenvalue weighted by Gasteiger charge is -1.98. The number of benzene rings is 1. The second-order valence-electron chi connectivity index (χ2n) is 5.77. The number of nitrogens with zero attached hydrogens (tertiary/aromatic N) is 2. The van der Waals surface area contributed by atoms with E-state index in [2.05, 4.69) is 61.3 Å². The molecule has 3 aromatic rings. The van der Waals surface area contributed by atoms with Gasteiger partial charge in [-0.3, -0.25) is 4.99 Å². The zero-order valence-corrected chi connectivity index (χ0v) is 14.7. The first-order valence-corrected chi connectivity index (χ1v) is 8.45. The van der Waals surface area contributed by atoms with Crippen molar-refractivity contribution in [2.45, 2.75) is 34.2 Å². The Morgan fingerprint density at radius 3 is 2.52 bits per heavy atom. The third-order valence-corrected chi connectivity index (χ3v) is 4.78. The van der Waals surface area contributed by atoms with E-state index in [1.807, 2.05) is 13.0 Å². The Kier molecular flexibility index (Phi) is 4.44. The van der Waals surface area contributed by atoms with Crippen LogP contribution < -0.4 is 0 Å². The lowest BCUT2D eigenvalue weighted by Crippen LogP contribution is -1.95. The fourth-order valence-corrected chi connectivity index (χ4v) is 3.50. The molecule has 0 unspecified atom stereocenters. The fraction of sp³-hybridized carbons (Fsp3) is 0.263. The molecular weight excluding hydrogens is 304 g/mol. The molecule has 3 nitrogen and oxygen atoms in total. The van der Waals surface area contributed by atoms with Crippen molar-refractivity contribution in [1.29, 1.82) is 0 Å². The Labute approximate surface area is 140 Å². The maximum absolute atomic E-state index is 5.42. The van der Waals surface area contributed by atoms with Crippen LogP contribution in [-0.4, -0.2) is 10.9 Å². The summed E-state index contributed by atoms with van der Waals surface area (Å²) < 4.78 is 5.42. The molecule has 4 heteroatoms. The van der Waals surface area contributed by atoms with Crippen LogP contribution in [0.1, 0.15) is 33.6 Å². The summed E-state index contributed by atoms with van der Waals surface area (Å²) in [5, 5.41) is 4.15. The van der Waals surface area contributed by atoms with Gasteiger partial charge in [-0.2, -0.15) is 0 Å². The first-order chi connectivity index (χ1) is 11.0. The standard InChI is InChI=1S/C19H20N2OS/c1-12-5-7-16(8-6-12)19-10-17(22-21-19)11-20-14(3)18-9-13(2)23-15(18)4/h5-10H,11H2,1-4H3. The lowest BCUT2D eigenvalue weighted by molar-refractivity contribution is 0.387. The average Bonchev–Trinajstić information content (AvgIpc) is 3.12. The molecule has 0 N–H and O–H groups in total. The Hall–Kier alpha value is -2.20. The third kappa shape index (κ3) is 3.59. The average molecular weight is 324 g/mol. The number of thiophene rings is 1. The van der Waals surface area contributed by atoms with E-state index in [1.54, 1.807) is 11.3 Å². The van der Waals surface area contributed by atoms with E-state index in [1.165, 1.54) is 20.9 Å². The van der Waals surface area contributed by atoms with Gasteiger partial charge in [0.25, 0.3) is 0 Å². The lowest BCUT2D eigenvalue weighted by atomic mass is 10.1. The van der Waals surface area contributed by atoms with Gasteiger partial charge in [0.15, 0.2) is 5.76 Å². The van der Waals surface area contributed by atoms with E-state index in [0.29, 0.717) is 6.54 Å². The first-order valence-electron chi connectivity index (χ1n) is 7.64. The van der Waals surface area contributed by atoms with Crippen molar-refractivity contribution in [3.63, 3.8) is 0 Å². The molecule has 0 spiro atoms. The molecule has 1 aromatic carbocycles. The zero-order valence-electron chi connectivity index (χ0n) is 13.9. The third-order valence-electron chi connectivity index (χ3n) is 3.81. The Morgan fingerprint density at radius 2 is 1.87 bits per heavy atom. The maximum Gasteiger partial charge on any atom is 0.158 e. The topological polar surface area (TPSA) is 38.4 Å². The van der Waals surface area contributed by atoms with Crippen molar-refractivity contribution in [2.24, 2.45) is 4.99 Å². The van der Waals surface area contributed by atoms with E-state index < -0.39 is 0 Å². The van der Waals surface area contributed by atoms with Gasteiger partial charge in [0.05, 0.1) is 0 Å². The molecule has 2 aromatic heterocycles. The number of aryl methyl sites for hydroxylation is 3. The summed E-state index contributed by atoms with van der Waals surface area (Å²) in [6.07, 6.45) is 0. The van der Waals surface area contributed by atoms with Crippen LogP contribution in [0.15, 0.2) is 45.9 Å². The summed E-state index contributed by atoms with van der Waals surface area (Å²) >= 11 is 1.81. The van der Waals surface area contributed by atoms with E-state index in [4.69, 9.17) is 4.52 Å². The van der Waals surface area contributed by atoms with Crippen molar-refractivity contribution in [3.05, 3.63) is 63.0 Å². The molecule has 0 amide bonds. The molecule has 0 bridgehead atoms. The molecule has 0 aliphatic carbocycles. The largest absolute Gasteiger partial charge is 0.359 e. The molecule has 0 saturated carbocycles. The van der Waals surface area contributed by atoms with Gasteiger partial charge in [0.1, 0.15) is 12.2 Å². The summed E-state index contributed by atoms with van der Waals surface area (Å²) in [5.74, 6) is 0.782. The molecule has 0 atom stereocenters.